The first-order chi connectivity index (χ1) is 10.3. The molecule has 2 nitrogen and oxygen atoms in total. The van der Waals surface area contributed by atoms with Crippen LogP contribution in [0.25, 0.3) is 0 Å². The van der Waals surface area contributed by atoms with Crippen LogP contribution in [-0.4, -0.2) is 49.6 Å². The largest absolute Gasteiger partial charge is 0.304 e. The van der Waals surface area contributed by atoms with Crippen LogP contribution < -0.4 is 0 Å². The van der Waals surface area contributed by atoms with Crippen molar-refractivity contribution in [3.8, 4) is 0 Å². The molecule has 0 N–H and O–H groups in total. The van der Waals surface area contributed by atoms with Crippen molar-refractivity contribution in [2.24, 2.45) is 0 Å². The minimum atomic E-state index is 1.24. The highest BCUT2D eigenvalue weighted by molar-refractivity contribution is 5.50. The topological polar surface area (TPSA) is 6.48 Å². The third-order valence-electron chi connectivity index (χ3n) is 5.87. The first kappa shape index (κ1) is 13.8. The molecule has 0 radical (unpaired) electrons. The summed E-state index contributed by atoms with van der Waals surface area (Å²) >= 11 is 0. The Kier molecular flexibility index (Phi) is 3.76. The predicted molar refractivity (Wildman–Crippen MR) is 88.1 cm³/mol. The van der Waals surface area contributed by atoms with E-state index in [0.717, 1.165) is 0 Å². The number of nitrogens with zero attached hydrogens (tertiary/aromatic N) is 2. The molecule has 4 rings (SSSR count). The van der Waals surface area contributed by atoms with Gasteiger partial charge in [-0.3, -0.25) is 0 Å². The number of benzene rings is 1. The van der Waals surface area contributed by atoms with Gasteiger partial charge in [-0.2, -0.15) is 0 Å². The van der Waals surface area contributed by atoms with Gasteiger partial charge in [-0.1, -0.05) is 6.07 Å². The van der Waals surface area contributed by atoms with Crippen molar-refractivity contribution in [2.75, 3.05) is 39.8 Å². The summed E-state index contributed by atoms with van der Waals surface area (Å²) in [6.07, 6.45) is 9.45. The molecule has 0 bridgehead atoms. The summed E-state index contributed by atoms with van der Waals surface area (Å²) in [5, 5.41) is 0. The molecule has 0 spiro atoms. The molecule has 1 aromatic rings. The molecule has 1 aromatic carbocycles. The fraction of sp³-hybridized carbons (Fsp3) is 0.684. The average molecular weight is 284 g/mol. The monoisotopic (exact) mass is 284 g/mol. The first-order valence-electron chi connectivity index (χ1n) is 8.87. The molecule has 0 aromatic heterocycles. The summed E-state index contributed by atoms with van der Waals surface area (Å²) in [4.78, 5) is 5.13. The molecule has 114 valence electrons. The number of fused-ring (bicyclic) bond motifs is 2. The summed E-state index contributed by atoms with van der Waals surface area (Å²) in [7, 11) is 2.24. The van der Waals surface area contributed by atoms with Crippen molar-refractivity contribution in [3.63, 3.8) is 0 Å². The van der Waals surface area contributed by atoms with Gasteiger partial charge >= 0.3 is 0 Å². The third kappa shape index (κ3) is 2.64. The molecule has 1 fully saturated rings. The number of piperazine rings is 1. The third-order valence-corrected chi connectivity index (χ3v) is 5.87. The number of hydrogen-bond donors (Lipinski definition) is 0. The minimum absolute atomic E-state index is 1.24. The SMILES string of the molecule is CN1CCN(CCc2c3c(cc4c2CCC4)CCC3)CC1. The Balaban J connectivity index is 1.52. The van der Waals surface area contributed by atoms with Crippen LogP contribution in [0.3, 0.4) is 0 Å². The van der Waals surface area contributed by atoms with Crippen LogP contribution in [0.4, 0.5) is 0 Å². The molecular weight excluding hydrogens is 256 g/mol. The second-order valence-electron chi connectivity index (χ2n) is 7.23. The van der Waals surface area contributed by atoms with Crippen LogP contribution in [0.2, 0.25) is 0 Å². The second-order valence-corrected chi connectivity index (χ2v) is 7.23. The fourth-order valence-corrected chi connectivity index (χ4v) is 4.58. The Morgan fingerprint density at radius 2 is 1.48 bits per heavy atom. The maximum Gasteiger partial charge on any atom is 0.0110 e. The zero-order chi connectivity index (χ0) is 14.2. The van der Waals surface area contributed by atoms with Crippen molar-refractivity contribution in [1.29, 1.82) is 0 Å². The van der Waals surface area contributed by atoms with Crippen LogP contribution in [0, 0.1) is 0 Å². The van der Waals surface area contributed by atoms with E-state index in [4.69, 9.17) is 0 Å². The van der Waals surface area contributed by atoms with Crippen molar-refractivity contribution in [2.45, 2.75) is 44.9 Å². The summed E-state index contributed by atoms with van der Waals surface area (Å²) in [6.45, 7) is 6.27. The minimum Gasteiger partial charge on any atom is -0.304 e. The average Bonchev–Trinajstić information content (AvgIpc) is 3.13. The van der Waals surface area contributed by atoms with Gasteiger partial charge in [0.05, 0.1) is 0 Å². The lowest BCUT2D eigenvalue weighted by molar-refractivity contribution is 0.155. The number of aryl methyl sites for hydroxylation is 2. The van der Waals surface area contributed by atoms with Crippen LogP contribution >= 0.6 is 0 Å². The van der Waals surface area contributed by atoms with Gasteiger partial charge in [0.15, 0.2) is 0 Å². The fourth-order valence-electron chi connectivity index (χ4n) is 4.58. The molecule has 3 aliphatic rings. The lowest BCUT2D eigenvalue weighted by atomic mass is 9.92. The van der Waals surface area contributed by atoms with Gasteiger partial charge in [-0.15, -0.1) is 0 Å². The van der Waals surface area contributed by atoms with E-state index in [2.05, 4.69) is 22.9 Å². The highest BCUT2D eigenvalue weighted by Crippen LogP contribution is 2.35. The summed E-state index contributed by atoms with van der Waals surface area (Å²) < 4.78 is 0. The molecule has 2 aliphatic carbocycles. The van der Waals surface area contributed by atoms with E-state index in [1.807, 2.05) is 0 Å². The summed E-state index contributed by atoms with van der Waals surface area (Å²) in [5.41, 5.74) is 8.68. The molecular formula is C19H28N2. The lowest BCUT2D eigenvalue weighted by Gasteiger charge is -2.32. The van der Waals surface area contributed by atoms with Crippen LogP contribution in [-0.2, 0) is 32.1 Å². The molecule has 0 atom stereocenters. The van der Waals surface area contributed by atoms with Crippen LogP contribution in [0.1, 0.15) is 40.7 Å². The molecule has 1 aliphatic heterocycles. The first-order valence-corrected chi connectivity index (χ1v) is 8.87. The van der Waals surface area contributed by atoms with E-state index in [9.17, 15) is 0 Å². The molecule has 1 heterocycles. The lowest BCUT2D eigenvalue weighted by Crippen LogP contribution is -2.45. The Morgan fingerprint density at radius 1 is 0.857 bits per heavy atom. The van der Waals surface area contributed by atoms with Gasteiger partial charge in [-0.25, -0.2) is 0 Å². The van der Waals surface area contributed by atoms with Gasteiger partial charge in [0, 0.05) is 32.7 Å². The Bertz CT molecular complexity index is 495. The van der Waals surface area contributed by atoms with E-state index in [-0.39, 0.29) is 0 Å². The van der Waals surface area contributed by atoms with Crippen LogP contribution in [0.5, 0.6) is 0 Å². The van der Waals surface area contributed by atoms with E-state index in [1.54, 1.807) is 27.8 Å². The Morgan fingerprint density at radius 3 is 2.10 bits per heavy atom. The Labute approximate surface area is 129 Å². The van der Waals surface area contributed by atoms with Crippen molar-refractivity contribution < 1.29 is 0 Å². The molecule has 1 saturated heterocycles. The van der Waals surface area contributed by atoms with E-state index in [1.165, 1.54) is 77.7 Å². The number of likely N-dealkylation sites (N-methyl/N-ethyl adjacent to an activating group) is 1. The smallest absolute Gasteiger partial charge is 0.0110 e. The van der Waals surface area contributed by atoms with Crippen molar-refractivity contribution in [3.05, 3.63) is 33.9 Å². The molecule has 0 saturated carbocycles. The summed E-state index contributed by atoms with van der Waals surface area (Å²) in [6, 6.07) is 2.56. The normalized spacial score (nSPS) is 22.5. The van der Waals surface area contributed by atoms with Gasteiger partial charge in [0.2, 0.25) is 0 Å². The zero-order valence-corrected chi connectivity index (χ0v) is 13.5. The van der Waals surface area contributed by atoms with Gasteiger partial charge in [0.1, 0.15) is 0 Å². The van der Waals surface area contributed by atoms with Crippen LogP contribution in [0.15, 0.2) is 6.07 Å². The van der Waals surface area contributed by atoms with E-state index < -0.39 is 0 Å². The highest BCUT2D eigenvalue weighted by Gasteiger charge is 2.24. The van der Waals surface area contributed by atoms with Crippen molar-refractivity contribution in [1.82, 2.24) is 9.80 Å². The predicted octanol–water partition coefficient (Wildman–Crippen LogP) is 2.45. The zero-order valence-electron chi connectivity index (χ0n) is 13.5. The standard InChI is InChI=1S/C19H28N2/c1-20-10-12-21(13-11-20)9-8-19-17-6-2-4-15(17)14-16-5-3-7-18(16)19/h14H,2-13H2,1H3. The van der Waals surface area contributed by atoms with Gasteiger partial charge in [0.25, 0.3) is 0 Å². The maximum absolute atomic E-state index is 2.68. The van der Waals surface area contributed by atoms with Gasteiger partial charge in [-0.05, 0) is 79.8 Å². The Hall–Kier alpha value is -0.860. The molecule has 0 unspecified atom stereocenters. The molecule has 21 heavy (non-hydrogen) atoms. The summed E-state index contributed by atoms with van der Waals surface area (Å²) in [5.74, 6) is 0. The maximum atomic E-state index is 2.68. The van der Waals surface area contributed by atoms with E-state index in [0.29, 0.717) is 0 Å². The van der Waals surface area contributed by atoms with Crippen molar-refractivity contribution >= 4 is 0 Å². The number of hydrogen-bond acceptors (Lipinski definition) is 2. The molecule has 0 amide bonds. The number of rotatable bonds is 3. The molecule has 2 heteroatoms. The van der Waals surface area contributed by atoms with E-state index >= 15 is 0 Å². The second kappa shape index (κ2) is 5.73. The van der Waals surface area contributed by atoms with Gasteiger partial charge < -0.3 is 9.80 Å². The quantitative estimate of drug-likeness (QED) is 0.841. The highest BCUT2D eigenvalue weighted by atomic mass is 15.2.